The number of aromatic nitrogens is 1. The molecule has 0 saturated heterocycles. The van der Waals surface area contributed by atoms with Crippen LogP contribution in [-0.2, 0) is 11.3 Å². The van der Waals surface area contributed by atoms with Gasteiger partial charge in [0.15, 0.2) is 0 Å². The lowest BCUT2D eigenvalue weighted by Crippen LogP contribution is -2.22. The smallest absolute Gasteiger partial charge is 0.261 e. The zero-order valence-electron chi connectivity index (χ0n) is 9.24. The highest BCUT2D eigenvalue weighted by Crippen LogP contribution is 2.22. The molecule has 0 amide bonds. The van der Waals surface area contributed by atoms with Crippen molar-refractivity contribution in [2.24, 2.45) is 0 Å². The summed E-state index contributed by atoms with van der Waals surface area (Å²) in [6, 6.07) is 4.59. The highest BCUT2D eigenvalue weighted by atomic mass is 79.9. The van der Waals surface area contributed by atoms with Crippen molar-refractivity contribution in [3.63, 3.8) is 0 Å². The third-order valence-electron chi connectivity index (χ3n) is 2.55. The van der Waals surface area contributed by atoms with E-state index in [1.807, 2.05) is 0 Å². The van der Waals surface area contributed by atoms with E-state index in [4.69, 9.17) is 4.74 Å². The molecule has 0 aliphatic rings. The molecular formula is C12H11BrFNO2. The Balaban J connectivity index is 2.70. The van der Waals surface area contributed by atoms with E-state index in [0.717, 1.165) is 0 Å². The molecule has 1 aromatic carbocycles. The summed E-state index contributed by atoms with van der Waals surface area (Å²) in [5.41, 5.74) is -0.335. The van der Waals surface area contributed by atoms with Gasteiger partial charge < -0.3 is 9.30 Å². The molecule has 0 N–H and O–H groups in total. The van der Waals surface area contributed by atoms with Crippen molar-refractivity contribution in [2.45, 2.75) is 6.54 Å². The third kappa shape index (κ3) is 2.25. The first-order chi connectivity index (χ1) is 8.15. The van der Waals surface area contributed by atoms with Gasteiger partial charge in [-0.25, -0.2) is 4.39 Å². The van der Waals surface area contributed by atoms with Gasteiger partial charge in [-0.2, -0.15) is 0 Å². The maximum Gasteiger partial charge on any atom is 0.261 e. The molecule has 0 atom stereocenters. The number of rotatable bonds is 3. The SMILES string of the molecule is COCCn1cc(Br)c2cccc(F)c2c1=O. The van der Waals surface area contributed by atoms with E-state index in [1.165, 1.54) is 10.6 Å². The summed E-state index contributed by atoms with van der Waals surface area (Å²) in [4.78, 5) is 12.1. The Morgan fingerprint density at radius 3 is 2.94 bits per heavy atom. The zero-order chi connectivity index (χ0) is 12.4. The number of ether oxygens (including phenoxy) is 1. The minimum atomic E-state index is -0.500. The van der Waals surface area contributed by atoms with E-state index >= 15 is 0 Å². The minimum absolute atomic E-state index is 0.109. The van der Waals surface area contributed by atoms with Gasteiger partial charge in [-0.05, 0) is 22.0 Å². The Morgan fingerprint density at radius 1 is 1.47 bits per heavy atom. The van der Waals surface area contributed by atoms with Crippen LogP contribution in [-0.4, -0.2) is 18.3 Å². The molecule has 2 rings (SSSR count). The standard InChI is InChI=1S/C12H11BrFNO2/c1-17-6-5-15-7-9(13)8-3-2-4-10(14)11(8)12(15)16/h2-4,7H,5-6H2,1H3. The van der Waals surface area contributed by atoms with Gasteiger partial charge in [-0.3, -0.25) is 4.79 Å². The van der Waals surface area contributed by atoms with Crippen LogP contribution >= 0.6 is 15.9 Å². The summed E-state index contributed by atoms with van der Waals surface area (Å²) in [7, 11) is 1.56. The normalized spacial score (nSPS) is 11.0. The van der Waals surface area contributed by atoms with Gasteiger partial charge in [-0.15, -0.1) is 0 Å². The summed E-state index contributed by atoms with van der Waals surface area (Å²) in [5.74, 6) is -0.500. The van der Waals surface area contributed by atoms with Crippen LogP contribution in [0.4, 0.5) is 4.39 Å². The average molecular weight is 300 g/mol. The molecular weight excluding hydrogens is 289 g/mol. The summed E-state index contributed by atoms with van der Waals surface area (Å²) in [5, 5.41) is 0.696. The minimum Gasteiger partial charge on any atom is -0.383 e. The fraction of sp³-hybridized carbons (Fsp3) is 0.250. The van der Waals surface area contributed by atoms with Crippen molar-refractivity contribution >= 4 is 26.7 Å². The van der Waals surface area contributed by atoms with Crippen LogP contribution in [0.5, 0.6) is 0 Å². The molecule has 1 aromatic heterocycles. The summed E-state index contributed by atoms with van der Waals surface area (Å²) in [6.45, 7) is 0.810. The predicted molar refractivity (Wildman–Crippen MR) is 67.7 cm³/mol. The largest absolute Gasteiger partial charge is 0.383 e. The Labute approximate surface area is 106 Å². The molecule has 90 valence electrons. The first kappa shape index (κ1) is 12.3. The number of halogens is 2. The van der Waals surface area contributed by atoms with Crippen molar-refractivity contribution in [2.75, 3.05) is 13.7 Å². The number of pyridine rings is 1. The Kier molecular flexibility index (Phi) is 3.59. The van der Waals surface area contributed by atoms with E-state index in [1.54, 1.807) is 25.4 Å². The Bertz CT molecular complexity index is 609. The summed E-state index contributed by atoms with van der Waals surface area (Å²) in [6.07, 6.45) is 1.66. The fourth-order valence-electron chi connectivity index (χ4n) is 1.70. The fourth-order valence-corrected chi connectivity index (χ4v) is 2.28. The highest BCUT2D eigenvalue weighted by Gasteiger charge is 2.10. The zero-order valence-corrected chi connectivity index (χ0v) is 10.8. The topological polar surface area (TPSA) is 31.2 Å². The van der Waals surface area contributed by atoms with Gasteiger partial charge in [-0.1, -0.05) is 12.1 Å². The number of hydrogen-bond acceptors (Lipinski definition) is 2. The molecule has 0 spiro atoms. The quantitative estimate of drug-likeness (QED) is 0.872. The molecule has 0 aliphatic heterocycles. The monoisotopic (exact) mass is 299 g/mol. The predicted octanol–water partition coefficient (Wildman–Crippen LogP) is 2.55. The lowest BCUT2D eigenvalue weighted by Gasteiger charge is -2.09. The van der Waals surface area contributed by atoms with Crippen molar-refractivity contribution in [3.8, 4) is 0 Å². The molecule has 0 aliphatic carbocycles. The second-order valence-electron chi connectivity index (χ2n) is 3.63. The van der Waals surface area contributed by atoms with Crippen LogP contribution in [0.3, 0.4) is 0 Å². The van der Waals surface area contributed by atoms with E-state index in [9.17, 15) is 9.18 Å². The molecule has 0 saturated carbocycles. The molecule has 0 radical (unpaired) electrons. The lowest BCUT2D eigenvalue weighted by atomic mass is 10.1. The van der Waals surface area contributed by atoms with Crippen LogP contribution < -0.4 is 5.56 Å². The average Bonchev–Trinajstić information content (AvgIpc) is 2.32. The lowest BCUT2D eigenvalue weighted by molar-refractivity contribution is 0.186. The van der Waals surface area contributed by atoms with Crippen LogP contribution in [0, 0.1) is 5.82 Å². The Morgan fingerprint density at radius 2 is 2.24 bits per heavy atom. The molecule has 2 aromatic rings. The van der Waals surface area contributed by atoms with E-state index < -0.39 is 5.82 Å². The van der Waals surface area contributed by atoms with Crippen molar-refractivity contribution < 1.29 is 9.13 Å². The first-order valence-corrected chi connectivity index (χ1v) is 5.90. The maximum atomic E-state index is 13.7. The second kappa shape index (κ2) is 4.98. The number of hydrogen-bond donors (Lipinski definition) is 0. The molecule has 1 heterocycles. The van der Waals surface area contributed by atoms with Crippen LogP contribution in [0.2, 0.25) is 0 Å². The van der Waals surface area contributed by atoms with E-state index in [0.29, 0.717) is 23.0 Å². The maximum absolute atomic E-state index is 13.7. The van der Waals surface area contributed by atoms with Crippen molar-refractivity contribution in [1.82, 2.24) is 4.57 Å². The van der Waals surface area contributed by atoms with Crippen molar-refractivity contribution in [1.29, 1.82) is 0 Å². The van der Waals surface area contributed by atoms with Crippen molar-refractivity contribution in [3.05, 3.63) is 45.0 Å². The number of methoxy groups -OCH3 is 1. The first-order valence-electron chi connectivity index (χ1n) is 5.11. The van der Waals surface area contributed by atoms with Crippen LogP contribution in [0.25, 0.3) is 10.8 Å². The molecule has 0 fully saturated rings. The number of fused-ring (bicyclic) bond motifs is 1. The molecule has 0 unspecified atom stereocenters. The van der Waals surface area contributed by atoms with E-state index in [2.05, 4.69) is 15.9 Å². The van der Waals surface area contributed by atoms with Gasteiger partial charge in [0.1, 0.15) is 5.82 Å². The molecule has 17 heavy (non-hydrogen) atoms. The van der Waals surface area contributed by atoms with Gasteiger partial charge in [0, 0.05) is 29.7 Å². The molecule has 5 heteroatoms. The van der Waals surface area contributed by atoms with Crippen LogP contribution in [0.1, 0.15) is 0 Å². The molecule has 3 nitrogen and oxygen atoms in total. The Hall–Kier alpha value is -1.20. The summed E-state index contributed by atoms with van der Waals surface area (Å²) >= 11 is 3.34. The van der Waals surface area contributed by atoms with Gasteiger partial charge in [0.05, 0.1) is 12.0 Å². The van der Waals surface area contributed by atoms with Gasteiger partial charge in [0.2, 0.25) is 0 Å². The number of nitrogens with zero attached hydrogens (tertiary/aromatic N) is 1. The molecule has 0 bridgehead atoms. The number of benzene rings is 1. The highest BCUT2D eigenvalue weighted by molar-refractivity contribution is 9.10. The third-order valence-corrected chi connectivity index (χ3v) is 3.18. The van der Waals surface area contributed by atoms with Gasteiger partial charge >= 0.3 is 0 Å². The second-order valence-corrected chi connectivity index (χ2v) is 4.49. The summed E-state index contributed by atoms with van der Waals surface area (Å²) < 4.78 is 20.7. The van der Waals surface area contributed by atoms with Crippen LogP contribution in [0.15, 0.2) is 33.7 Å². The van der Waals surface area contributed by atoms with Gasteiger partial charge in [0.25, 0.3) is 5.56 Å². The van der Waals surface area contributed by atoms with E-state index in [-0.39, 0.29) is 10.9 Å².